The summed E-state index contributed by atoms with van der Waals surface area (Å²) < 4.78 is 46.8. The van der Waals surface area contributed by atoms with E-state index in [4.69, 9.17) is 98.4 Å². The molecule has 4 aromatic carbocycles. The van der Waals surface area contributed by atoms with Crippen molar-refractivity contribution in [2.24, 2.45) is 10.3 Å². The molecule has 272 valence electrons. The monoisotopic (exact) mass is 1030 g/mol. The Morgan fingerprint density at radius 3 is 1.48 bits per heavy atom. The summed E-state index contributed by atoms with van der Waals surface area (Å²) >= 11 is 31.0. The van der Waals surface area contributed by atoms with E-state index in [1.54, 1.807) is 19.1 Å². The number of benzene rings is 4. The quantitative estimate of drug-likeness (QED) is 0.0878. The number of primary sulfonamides is 2. The van der Waals surface area contributed by atoms with E-state index in [9.17, 15) is 26.4 Å². The van der Waals surface area contributed by atoms with Crippen molar-refractivity contribution in [1.82, 2.24) is 0 Å². The van der Waals surface area contributed by atoms with E-state index < -0.39 is 36.7 Å². The van der Waals surface area contributed by atoms with E-state index in [2.05, 4.69) is 50.9 Å². The summed E-state index contributed by atoms with van der Waals surface area (Å²) in [5.41, 5.74) is 2.80. The fraction of sp³-hybridized carbons (Fsp3) is 0.103. The molecule has 0 atom stereocenters. The van der Waals surface area contributed by atoms with Crippen LogP contribution >= 0.6 is 120 Å². The van der Waals surface area contributed by atoms with Crippen molar-refractivity contribution in [3.63, 3.8) is 0 Å². The molecule has 0 bridgehead atoms. The Morgan fingerprint density at radius 2 is 1.12 bits per heavy atom. The van der Waals surface area contributed by atoms with Gasteiger partial charge < -0.3 is 0 Å². The normalized spacial score (nSPS) is 10.4. The van der Waals surface area contributed by atoms with E-state index in [0.717, 1.165) is 20.6 Å². The number of rotatable bonds is 5. The number of hydrogen-bond donors (Lipinski definition) is 2. The summed E-state index contributed by atoms with van der Waals surface area (Å²) in [6.07, 6.45) is 0. The lowest BCUT2D eigenvalue weighted by Gasteiger charge is -2.08. The molecule has 0 aromatic heterocycles. The lowest BCUT2D eigenvalue weighted by molar-refractivity contribution is 0.103. The summed E-state index contributed by atoms with van der Waals surface area (Å²) in [7, 11) is 6.92. The van der Waals surface area contributed by atoms with Crippen LogP contribution in [0.25, 0.3) is 0 Å². The average molecular weight is 1030 g/mol. The standard InChI is InChI=1S/C14H11BrClNO3S.C7H7Br.C7H5Cl2NO3S.CH2Cl2.Al.3ClH/c1-8-6-10(15)3-4-11(8)14(18)9-2-5-12(16)13(7-9)21(17,19)20;1-6-3-2-4-7(8)5-6;8-5-2-1-4(7(9)11)3-6(5)14(10,12)13;2-1-3;;;;/h2-7H,1H3,(H2,17,19,20);2-5H,1H3;1-3H,(H2,10,12,13);1H2;;3*1H/q;;;;+3;;;/p-3. The van der Waals surface area contributed by atoms with Crippen molar-refractivity contribution in [3.05, 3.63) is 126 Å². The Hall–Kier alpha value is -0.148. The minimum atomic E-state index is -3.98. The van der Waals surface area contributed by atoms with Crippen LogP contribution in [0.4, 0.5) is 0 Å². The maximum Gasteiger partial charge on any atom is 0.643 e. The van der Waals surface area contributed by atoms with Gasteiger partial charge in [-0.05, 0) is 97.7 Å². The Labute approximate surface area is 350 Å². The van der Waals surface area contributed by atoms with Crippen LogP contribution in [0.1, 0.15) is 37.4 Å². The van der Waals surface area contributed by atoms with Gasteiger partial charge in [0.15, 0.2) is 5.78 Å². The van der Waals surface area contributed by atoms with Gasteiger partial charge in [0.2, 0.25) is 20.0 Å². The number of halogens is 10. The summed E-state index contributed by atoms with van der Waals surface area (Å²) in [4.78, 5) is 22.6. The van der Waals surface area contributed by atoms with Crippen LogP contribution in [-0.4, -0.2) is 44.6 Å². The molecule has 0 aliphatic carbocycles. The molecule has 0 spiro atoms. The van der Waals surface area contributed by atoms with Gasteiger partial charge in [-0.2, -0.15) is 0 Å². The van der Waals surface area contributed by atoms with Crippen LogP contribution in [0.15, 0.2) is 97.6 Å². The van der Waals surface area contributed by atoms with Gasteiger partial charge in [0.25, 0.3) is 5.24 Å². The van der Waals surface area contributed by atoms with Gasteiger partial charge >= 0.3 is 11.4 Å². The largest absolute Gasteiger partial charge is 0.643 e. The number of carbonyl (C=O) groups excluding carboxylic acids is 2. The van der Waals surface area contributed by atoms with Gasteiger partial charge in [-0.3, -0.25) is 9.59 Å². The van der Waals surface area contributed by atoms with Crippen LogP contribution in [0.5, 0.6) is 0 Å². The molecule has 21 heteroatoms. The molecule has 0 heterocycles. The second kappa shape index (κ2) is 24.3. The zero-order valence-corrected chi connectivity index (χ0v) is 37.5. The SMILES string of the molecule is Cc1cc(Br)ccc1C(=O)c1ccc(Cl)c(S(N)(=O)=O)c1.Cc1cccc(Br)c1.ClCCl.NS(=O)(=O)c1cc(C(=O)Cl)ccc1Cl.[Cl][Al]([Cl])[Cl]. The van der Waals surface area contributed by atoms with Crippen LogP contribution in [0, 0.1) is 13.8 Å². The predicted octanol–water partition coefficient (Wildman–Crippen LogP) is 10.5. The summed E-state index contributed by atoms with van der Waals surface area (Å²) in [6, 6.07) is 21.0. The van der Waals surface area contributed by atoms with Gasteiger partial charge in [-0.15, -0.1) is 23.2 Å². The Kier molecular flexibility index (Phi) is 24.2. The highest BCUT2D eigenvalue weighted by atomic mass is 79.9. The molecule has 0 aliphatic heterocycles. The second-order valence-corrected chi connectivity index (χ2v) is 22.4. The molecule has 8 nitrogen and oxygen atoms in total. The smallest absolute Gasteiger partial charge is 0.289 e. The number of aryl methyl sites for hydroxylation is 2. The van der Waals surface area contributed by atoms with Crippen LogP contribution in [0.3, 0.4) is 0 Å². The van der Waals surface area contributed by atoms with Gasteiger partial charge in [-0.25, -0.2) is 57.3 Å². The molecule has 0 radical (unpaired) electrons. The van der Waals surface area contributed by atoms with Crippen LogP contribution in [-0.2, 0) is 20.0 Å². The molecule has 0 unspecified atom stereocenters. The number of nitrogens with two attached hydrogens (primary N) is 2. The third kappa shape index (κ3) is 19.8. The minimum Gasteiger partial charge on any atom is -0.289 e. The third-order valence-electron chi connectivity index (χ3n) is 5.38. The lowest BCUT2D eigenvalue weighted by Crippen LogP contribution is -2.14. The van der Waals surface area contributed by atoms with Gasteiger partial charge in [-0.1, -0.05) is 72.8 Å². The van der Waals surface area contributed by atoms with E-state index >= 15 is 0 Å². The number of ketones is 1. The van der Waals surface area contributed by atoms with Gasteiger partial charge in [0.1, 0.15) is 9.79 Å². The minimum absolute atomic E-state index is 0.0124. The van der Waals surface area contributed by atoms with Gasteiger partial charge in [0, 0.05) is 25.6 Å². The van der Waals surface area contributed by atoms with Crippen molar-refractivity contribution < 1.29 is 26.4 Å². The van der Waals surface area contributed by atoms with Crippen molar-refractivity contribution in [2.75, 3.05) is 5.34 Å². The summed E-state index contributed by atoms with van der Waals surface area (Å²) in [6.45, 7) is 3.87. The maximum atomic E-state index is 12.5. The highest BCUT2D eigenvalue weighted by molar-refractivity contribution is 9.10. The first kappa shape index (κ1) is 49.9. The molecule has 4 N–H and O–H groups in total. The van der Waals surface area contributed by atoms with Gasteiger partial charge in [0.05, 0.1) is 15.4 Å². The fourth-order valence-electron chi connectivity index (χ4n) is 3.35. The molecular weight excluding hydrogens is 1010 g/mol. The third-order valence-corrected chi connectivity index (χ3v) is 9.37. The number of carbonyl (C=O) groups is 2. The molecule has 0 saturated carbocycles. The molecule has 0 fully saturated rings. The topological polar surface area (TPSA) is 154 Å². The van der Waals surface area contributed by atoms with E-state index in [1.165, 1.54) is 35.9 Å². The summed E-state index contributed by atoms with van der Waals surface area (Å²) in [5.74, 6) is -0.290. The Bertz CT molecular complexity index is 1970. The Balaban J connectivity index is 0.000000708. The van der Waals surface area contributed by atoms with Crippen molar-refractivity contribution in [1.29, 1.82) is 0 Å². The molecule has 4 rings (SSSR count). The van der Waals surface area contributed by atoms with E-state index in [-0.39, 0.29) is 42.1 Å². The second-order valence-electron chi connectivity index (χ2n) is 9.09. The first-order chi connectivity index (χ1) is 23.0. The average Bonchev–Trinajstić information content (AvgIpc) is 2.97. The summed E-state index contributed by atoms with van der Waals surface area (Å²) in [5, 5.41) is 9.31. The van der Waals surface area contributed by atoms with Crippen LogP contribution < -0.4 is 10.3 Å². The molecule has 50 heavy (non-hydrogen) atoms. The lowest BCUT2D eigenvalue weighted by atomic mass is 9.99. The molecule has 4 aromatic rings. The highest BCUT2D eigenvalue weighted by Crippen LogP contribution is 2.25. The van der Waals surface area contributed by atoms with Crippen molar-refractivity contribution in [2.45, 2.75) is 23.6 Å². The highest BCUT2D eigenvalue weighted by Gasteiger charge is 2.18. The first-order valence-electron chi connectivity index (χ1n) is 12.9. The zero-order valence-electron chi connectivity index (χ0n) is 25.5. The number of sulfonamides is 2. The molecule has 0 saturated heterocycles. The first-order valence-corrected chi connectivity index (χ1v) is 25.0. The maximum absolute atomic E-state index is 12.5. The van der Waals surface area contributed by atoms with Crippen molar-refractivity contribution in [3.8, 4) is 0 Å². The molecule has 0 amide bonds. The number of hydrogen-bond acceptors (Lipinski definition) is 6. The Morgan fingerprint density at radius 1 is 0.700 bits per heavy atom. The van der Waals surface area contributed by atoms with E-state index in [1.807, 2.05) is 18.2 Å². The van der Waals surface area contributed by atoms with Crippen LogP contribution in [0.2, 0.25) is 10.0 Å². The number of alkyl halides is 2. The predicted molar refractivity (Wildman–Crippen MR) is 217 cm³/mol. The molecular formula is C29H25AlBr2Cl8N2O6S2. The zero-order chi connectivity index (χ0) is 39.0. The molecule has 0 aliphatic rings. The van der Waals surface area contributed by atoms with Crippen molar-refractivity contribution >= 4 is 162 Å². The fourth-order valence-corrected chi connectivity index (χ4v) is 6.60. The van der Waals surface area contributed by atoms with E-state index in [0.29, 0.717) is 5.56 Å².